The van der Waals surface area contributed by atoms with Gasteiger partial charge in [-0.1, -0.05) is 12.1 Å². The summed E-state index contributed by atoms with van der Waals surface area (Å²) in [6.07, 6.45) is 3.22. The van der Waals surface area contributed by atoms with Gasteiger partial charge in [0.15, 0.2) is 0 Å². The van der Waals surface area contributed by atoms with E-state index in [1.807, 2.05) is 19.9 Å². The molecular formula is C16H23NO2. The first-order chi connectivity index (χ1) is 9.11. The van der Waals surface area contributed by atoms with Crippen molar-refractivity contribution >= 4 is 5.78 Å². The van der Waals surface area contributed by atoms with Gasteiger partial charge in [0.25, 0.3) is 0 Å². The molecule has 1 aliphatic carbocycles. The summed E-state index contributed by atoms with van der Waals surface area (Å²) < 4.78 is 5.55. The number of ether oxygens (including phenoxy) is 1. The molecule has 0 amide bonds. The molecule has 1 aromatic rings. The first-order valence-electron chi connectivity index (χ1n) is 7.12. The highest BCUT2D eigenvalue weighted by molar-refractivity contribution is 5.79. The van der Waals surface area contributed by atoms with Gasteiger partial charge in [0.05, 0.1) is 6.61 Å². The molecule has 19 heavy (non-hydrogen) atoms. The van der Waals surface area contributed by atoms with Crippen molar-refractivity contribution < 1.29 is 9.53 Å². The minimum Gasteiger partial charge on any atom is -0.494 e. The molecule has 1 unspecified atom stereocenters. The lowest BCUT2D eigenvalue weighted by molar-refractivity contribution is -0.121. The van der Waals surface area contributed by atoms with Crippen molar-refractivity contribution in [1.29, 1.82) is 0 Å². The van der Waals surface area contributed by atoms with E-state index in [0.717, 1.165) is 29.7 Å². The minimum absolute atomic E-state index is 0.0301. The number of ketones is 1. The fraction of sp³-hybridized carbons (Fsp3) is 0.562. The lowest BCUT2D eigenvalue weighted by Gasteiger charge is -2.27. The predicted molar refractivity (Wildman–Crippen MR) is 76.2 cm³/mol. The van der Waals surface area contributed by atoms with E-state index in [1.54, 1.807) is 0 Å². The Kier molecular flexibility index (Phi) is 4.59. The Balaban J connectivity index is 2.08. The van der Waals surface area contributed by atoms with E-state index in [0.29, 0.717) is 31.1 Å². The van der Waals surface area contributed by atoms with E-state index in [9.17, 15) is 4.79 Å². The number of Topliss-reactive ketones (excluding diaryl/α,β-unsaturated/α-hetero) is 1. The number of carbonyl (C=O) groups excluding carboxylic acids is 1. The Morgan fingerprint density at radius 3 is 2.63 bits per heavy atom. The average Bonchev–Trinajstić information content (AvgIpc) is 2.41. The fourth-order valence-corrected chi connectivity index (χ4v) is 2.79. The zero-order chi connectivity index (χ0) is 13.8. The average molecular weight is 261 g/mol. The highest BCUT2D eigenvalue weighted by atomic mass is 16.5. The van der Waals surface area contributed by atoms with Crippen molar-refractivity contribution in [2.75, 3.05) is 6.61 Å². The Hall–Kier alpha value is -1.35. The number of hydrogen-bond donors (Lipinski definition) is 1. The second-order valence-corrected chi connectivity index (χ2v) is 5.36. The smallest absolute Gasteiger partial charge is 0.132 e. The van der Waals surface area contributed by atoms with Gasteiger partial charge in [-0.15, -0.1) is 0 Å². The Morgan fingerprint density at radius 1 is 1.37 bits per heavy atom. The second kappa shape index (κ2) is 6.20. The van der Waals surface area contributed by atoms with Crippen LogP contribution in [0.4, 0.5) is 0 Å². The maximum atomic E-state index is 11.3. The lowest BCUT2D eigenvalue weighted by atomic mass is 9.81. The standard InChI is InChI=1S/C16H23NO2/c1-3-19-15-9-6-13(10-11(15)2)16(17)12-4-7-14(18)8-5-12/h6,9-10,12,16H,3-5,7-8,17H2,1-2H3. The molecule has 3 nitrogen and oxygen atoms in total. The summed E-state index contributed by atoms with van der Waals surface area (Å²) in [6, 6.07) is 6.20. The van der Waals surface area contributed by atoms with E-state index in [4.69, 9.17) is 10.5 Å². The van der Waals surface area contributed by atoms with E-state index in [-0.39, 0.29) is 6.04 Å². The largest absolute Gasteiger partial charge is 0.494 e. The van der Waals surface area contributed by atoms with Crippen molar-refractivity contribution in [1.82, 2.24) is 0 Å². The SMILES string of the molecule is CCOc1ccc(C(N)C2CCC(=O)CC2)cc1C. The van der Waals surface area contributed by atoms with Crippen LogP contribution in [0.25, 0.3) is 0 Å². The Labute approximate surface area is 115 Å². The van der Waals surface area contributed by atoms with E-state index >= 15 is 0 Å². The third kappa shape index (κ3) is 3.35. The van der Waals surface area contributed by atoms with Gasteiger partial charge in [-0.05, 0) is 49.8 Å². The topological polar surface area (TPSA) is 52.3 Å². The summed E-state index contributed by atoms with van der Waals surface area (Å²) in [6.45, 7) is 4.71. The van der Waals surface area contributed by atoms with Crippen LogP contribution in [0.1, 0.15) is 49.8 Å². The zero-order valence-electron chi connectivity index (χ0n) is 11.8. The molecule has 0 heterocycles. The van der Waals surface area contributed by atoms with Crippen LogP contribution in [-0.2, 0) is 4.79 Å². The van der Waals surface area contributed by atoms with Crippen LogP contribution in [0.5, 0.6) is 5.75 Å². The normalized spacial score (nSPS) is 18.4. The van der Waals surface area contributed by atoms with Crippen molar-refractivity contribution in [2.45, 2.75) is 45.6 Å². The first kappa shape index (κ1) is 14.1. The fourth-order valence-electron chi connectivity index (χ4n) is 2.79. The number of aryl methyl sites for hydroxylation is 1. The number of hydrogen-bond acceptors (Lipinski definition) is 3. The molecular weight excluding hydrogens is 238 g/mol. The molecule has 3 heteroatoms. The molecule has 104 valence electrons. The van der Waals surface area contributed by atoms with Gasteiger partial charge in [0.1, 0.15) is 11.5 Å². The second-order valence-electron chi connectivity index (χ2n) is 5.36. The van der Waals surface area contributed by atoms with Crippen LogP contribution in [0, 0.1) is 12.8 Å². The summed E-state index contributed by atoms with van der Waals surface area (Å²) in [5.74, 6) is 1.73. The molecule has 0 radical (unpaired) electrons. The highest BCUT2D eigenvalue weighted by Crippen LogP contribution is 2.33. The summed E-state index contributed by atoms with van der Waals surface area (Å²) in [5, 5.41) is 0. The predicted octanol–water partition coefficient (Wildman–Crippen LogP) is 3.15. The lowest BCUT2D eigenvalue weighted by Crippen LogP contribution is -2.26. The number of rotatable bonds is 4. The van der Waals surface area contributed by atoms with Crippen LogP contribution in [-0.4, -0.2) is 12.4 Å². The molecule has 0 bridgehead atoms. The van der Waals surface area contributed by atoms with Crippen molar-refractivity contribution in [3.05, 3.63) is 29.3 Å². The van der Waals surface area contributed by atoms with Gasteiger partial charge in [-0.25, -0.2) is 0 Å². The first-order valence-corrected chi connectivity index (χ1v) is 7.12. The van der Waals surface area contributed by atoms with E-state index in [2.05, 4.69) is 12.1 Å². The molecule has 1 atom stereocenters. The number of carbonyl (C=O) groups is 1. The van der Waals surface area contributed by atoms with Crippen molar-refractivity contribution in [3.63, 3.8) is 0 Å². The van der Waals surface area contributed by atoms with Crippen LogP contribution in [0.3, 0.4) is 0 Å². The molecule has 2 rings (SSSR count). The molecule has 0 aromatic heterocycles. The van der Waals surface area contributed by atoms with Gasteiger partial charge < -0.3 is 10.5 Å². The van der Waals surface area contributed by atoms with Crippen LogP contribution < -0.4 is 10.5 Å². The van der Waals surface area contributed by atoms with Gasteiger partial charge >= 0.3 is 0 Å². The maximum absolute atomic E-state index is 11.3. The minimum atomic E-state index is 0.0301. The molecule has 0 aliphatic heterocycles. The molecule has 1 aliphatic rings. The molecule has 0 spiro atoms. The van der Waals surface area contributed by atoms with Crippen molar-refractivity contribution in [2.24, 2.45) is 11.7 Å². The Morgan fingerprint density at radius 2 is 2.05 bits per heavy atom. The molecule has 1 saturated carbocycles. The molecule has 0 saturated heterocycles. The third-order valence-corrected chi connectivity index (χ3v) is 3.98. The van der Waals surface area contributed by atoms with Crippen LogP contribution in [0.15, 0.2) is 18.2 Å². The summed E-state index contributed by atoms with van der Waals surface area (Å²) >= 11 is 0. The third-order valence-electron chi connectivity index (χ3n) is 3.98. The molecule has 2 N–H and O–H groups in total. The number of benzene rings is 1. The van der Waals surface area contributed by atoms with E-state index < -0.39 is 0 Å². The summed E-state index contributed by atoms with van der Waals surface area (Å²) in [7, 11) is 0. The number of nitrogens with two attached hydrogens (primary N) is 1. The van der Waals surface area contributed by atoms with Gasteiger partial charge in [0, 0.05) is 18.9 Å². The van der Waals surface area contributed by atoms with Crippen LogP contribution >= 0.6 is 0 Å². The summed E-state index contributed by atoms with van der Waals surface area (Å²) in [5.41, 5.74) is 8.64. The quantitative estimate of drug-likeness (QED) is 0.905. The highest BCUT2D eigenvalue weighted by Gasteiger charge is 2.25. The Bertz CT molecular complexity index is 446. The van der Waals surface area contributed by atoms with Gasteiger partial charge in [-0.2, -0.15) is 0 Å². The monoisotopic (exact) mass is 261 g/mol. The van der Waals surface area contributed by atoms with Gasteiger partial charge in [0.2, 0.25) is 0 Å². The molecule has 1 aromatic carbocycles. The summed E-state index contributed by atoms with van der Waals surface area (Å²) in [4.78, 5) is 11.3. The van der Waals surface area contributed by atoms with Crippen LogP contribution in [0.2, 0.25) is 0 Å². The van der Waals surface area contributed by atoms with E-state index in [1.165, 1.54) is 0 Å². The van der Waals surface area contributed by atoms with Crippen molar-refractivity contribution in [3.8, 4) is 5.75 Å². The maximum Gasteiger partial charge on any atom is 0.132 e. The van der Waals surface area contributed by atoms with Gasteiger partial charge in [-0.3, -0.25) is 4.79 Å². The molecule has 1 fully saturated rings. The zero-order valence-corrected chi connectivity index (χ0v) is 11.8.